The van der Waals surface area contributed by atoms with Crippen LogP contribution in [0.4, 0.5) is 5.69 Å². The fourth-order valence-corrected chi connectivity index (χ4v) is 2.41. The van der Waals surface area contributed by atoms with E-state index in [9.17, 15) is 0 Å². The molecule has 1 saturated carbocycles. The number of methoxy groups -OCH3 is 1. The van der Waals surface area contributed by atoms with Gasteiger partial charge < -0.3 is 15.4 Å². The van der Waals surface area contributed by atoms with Crippen molar-refractivity contribution in [2.45, 2.75) is 25.8 Å². The zero-order chi connectivity index (χ0) is 13.8. The zero-order valence-corrected chi connectivity index (χ0v) is 11.7. The van der Waals surface area contributed by atoms with Crippen LogP contribution in [-0.2, 0) is 0 Å². The summed E-state index contributed by atoms with van der Waals surface area (Å²) in [7, 11) is 1.68. The van der Waals surface area contributed by atoms with Crippen LogP contribution in [0.5, 0.6) is 5.75 Å². The highest BCUT2D eigenvalue weighted by molar-refractivity contribution is 5.61. The molecule has 2 N–H and O–H groups in total. The molecule has 0 unspecified atom stereocenters. The molecule has 0 heterocycles. The number of terminal acetylenes is 1. The Hall–Kier alpha value is -1.66. The van der Waals surface area contributed by atoms with E-state index in [1.54, 1.807) is 7.11 Å². The Morgan fingerprint density at radius 1 is 1.53 bits per heavy atom. The highest BCUT2D eigenvalue weighted by atomic mass is 16.5. The van der Waals surface area contributed by atoms with Gasteiger partial charge in [0, 0.05) is 23.8 Å². The predicted octanol–water partition coefficient (Wildman–Crippen LogP) is 2.56. The summed E-state index contributed by atoms with van der Waals surface area (Å²) in [6, 6.07) is 5.95. The lowest BCUT2D eigenvalue weighted by Gasteiger charge is -2.27. The number of hydrogen-bond donors (Lipinski definition) is 1. The fourth-order valence-electron chi connectivity index (χ4n) is 2.41. The Balaban J connectivity index is 2.36. The normalized spacial score (nSPS) is 15.7. The van der Waals surface area contributed by atoms with Gasteiger partial charge in [-0.1, -0.05) is 12.0 Å². The van der Waals surface area contributed by atoms with Crippen LogP contribution in [0.2, 0.25) is 0 Å². The lowest BCUT2D eigenvalue weighted by atomic mass is 10.0. The standard InChI is InChI=1S/C16H22N2O/c1-4-10-18(11-13-8-9-13)14-6-5-7-15(19-3)16(14)12(2)17/h1,5-7,12-13H,8-11,17H2,2-3H3/t12-/m1/s1. The summed E-state index contributed by atoms with van der Waals surface area (Å²) in [6.07, 6.45) is 8.11. The van der Waals surface area contributed by atoms with E-state index in [0.717, 1.165) is 29.5 Å². The van der Waals surface area contributed by atoms with Gasteiger partial charge in [0.25, 0.3) is 0 Å². The van der Waals surface area contributed by atoms with Gasteiger partial charge in [-0.05, 0) is 37.8 Å². The first-order chi connectivity index (χ1) is 9.17. The molecule has 0 aliphatic heterocycles. The van der Waals surface area contributed by atoms with E-state index in [1.165, 1.54) is 12.8 Å². The first-order valence-electron chi connectivity index (χ1n) is 6.78. The van der Waals surface area contributed by atoms with Gasteiger partial charge in [0.15, 0.2) is 0 Å². The summed E-state index contributed by atoms with van der Waals surface area (Å²) < 4.78 is 5.44. The smallest absolute Gasteiger partial charge is 0.125 e. The second-order valence-electron chi connectivity index (χ2n) is 5.21. The molecule has 19 heavy (non-hydrogen) atoms. The summed E-state index contributed by atoms with van der Waals surface area (Å²) in [6.45, 7) is 3.60. The van der Waals surface area contributed by atoms with E-state index in [-0.39, 0.29) is 6.04 Å². The molecule has 3 heteroatoms. The first kappa shape index (κ1) is 13.8. The first-order valence-corrected chi connectivity index (χ1v) is 6.78. The third-order valence-electron chi connectivity index (χ3n) is 3.52. The van der Waals surface area contributed by atoms with Gasteiger partial charge in [-0.3, -0.25) is 0 Å². The number of rotatable bonds is 6. The van der Waals surface area contributed by atoms with Crippen LogP contribution < -0.4 is 15.4 Å². The largest absolute Gasteiger partial charge is 0.496 e. The molecule has 1 aromatic rings. The van der Waals surface area contributed by atoms with Gasteiger partial charge >= 0.3 is 0 Å². The molecule has 3 nitrogen and oxygen atoms in total. The number of anilines is 1. The molecular formula is C16H22N2O. The number of benzene rings is 1. The quantitative estimate of drug-likeness (QED) is 0.797. The van der Waals surface area contributed by atoms with E-state index in [2.05, 4.69) is 16.9 Å². The van der Waals surface area contributed by atoms with Crippen molar-refractivity contribution in [1.82, 2.24) is 0 Å². The molecule has 0 bridgehead atoms. The van der Waals surface area contributed by atoms with Crippen LogP contribution in [-0.4, -0.2) is 20.2 Å². The molecule has 0 radical (unpaired) electrons. The highest BCUT2D eigenvalue weighted by Crippen LogP contribution is 2.36. The minimum absolute atomic E-state index is 0.0781. The summed E-state index contributed by atoms with van der Waals surface area (Å²) in [5.41, 5.74) is 8.27. The van der Waals surface area contributed by atoms with Crippen LogP contribution in [0.3, 0.4) is 0 Å². The minimum atomic E-state index is -0.0781. The molecule has 0 amide bonds. The average Bonchev–Trinajstić information content (AvgIpc) is 3.21. The molecule has 0 saturated heterocycles. The maximum absolute atomic E-state index is 6.11. The number of nitrogens with zero attached hydrogens (tertiary/aromatic N) is 1. The molecule has 1 aliphatic carbocycles. The molecule has 1 fully saturated rings. The van der Waals surface area contributed by atoms with Crippen LogP contribution in [0, 0.1) is 18.3 Å². The summed E-state index contributed by atoms with van der Waals surface area (Å²) in [4.78, 5) is 2.25. The van der Waals surface area contributed by atoms with E-state index < -0.39 is 0 Å². The van der Waals surface area contributed by atoms with Crippen molar-refractivity contribution in [3.8, 4) is 18.1 Å². The third kappa shape index (κ3) is 3.21. The number of nitrogens with two attached hydrogens (primary N) is 1. The van der Waals surface area contributed by atoms with Gasteiger partial charge in [-0.2, -0.15) is 0 Å². The average molecular weight is 258 g/mol. The van der Waals surface area contributed by atoms with Gasteiger partial charge in [0.05, 0.1) is 13.7 Å². The second-order valence-corrected chi connectivity index (χ2v) is 5.21. The zero-order valence-electron chi connectivity index (χ0n) is 11.7. The summed E-state index contributed by atoms with van der Waals surface area (Å²) in [5.74, 6) is 4.36. The van der Waals surface area contributed by atoms with Crippen molar-refractivity contribution in [1.29, 1.82) is 0 Å². The number of hydrogen-bond acceptors (Lipinski definition) is 3. The SMILES string of the molecule is C#CCN(CC1CC1)c1cccc(OC)c1[C@@H](C)N. The van der Waals surface area contributed by atoms with Crippen molar-refractivity contribution in [2.24, 2.45) is 11.7 Å². The Bertz CT molecular complexity index is 472. The van der Waals surface area contributed by atoms with Crippen LogP contribution in [0.15, 0.2) is 18.2 Å². The Kier molecular flexibility index (Phi) is 4.34. The lowest BCUT2D eigenvalue weighted by molar-refractivity contribution is 0.407. The van der Waals surface area contributed by atoms with Crippen LogP contribution >= 0.6 is 0 Å². The van der Waals surface area contributed by atoms with Crippen LogP contribution in [0.25, 0.3) is 0 Å². The van der Waals surface area contributed by atoms with E-state index in [4.69, 9.17) is 16.9 Å². The maximum Gasteiger partial charge on any atom is 0.125 e. The van der Waals surface area contributed by atoms with E-state index >= 15 is 0 Å². The summed E-state index contributed by atoms with van der Waals surface area (Å²) in [5, 5.41) is 0. The monoisotopic (exact) mass is 258 g/mol. The molecule has 1 aromatic carbocycles. The third-order valence-corrected chi connectivity index (χ3v) is 3.52. The topological polar surface area (TPSA) is 38.5 Å². The number of ether oxygens (including phenoxy) is 1. The van der Waals surface area contributed by atoms with Crippen molar-refractivity contribution in [2.75, 3.05) is 25.1 Å². The minimum Gasteiger partial charge on any atom is -0.496 e. The Labute approximate surface area is 115 Å². The Morgan fingerprint density at radius 2 is 2.26 bits per heavy atom. The molecule has 1 atom stereocenters. The van der Waals surface area contributed by atoms with Crippen molar-refractivity contribution >= 4 is 5.69 Å². The highest BCUT2D eigenvalue weighted by Gasteiger charge is 2.26. The van der Waals surface area contributed by atoms with Gasteiger partial charge in [-0.15, -0.1) is 6.42 Å². The molecular weight excluding hydrogens is 236 g/mol. The molecule has 102 valence electrons. The second kappa shape index (κ2) is 5.99. The Morgan fingerprint density at radius 3 is 2.79 bits per heavy atom. The lowest BCUT2D eigenvalue weighted by Crippen LogP contribution is -2.28. The predicted molar refractivity (Wildman–Crippen MR) is 79.4 cm³/mol. The molecule has 1 aliphatic rings. The van der Waals surface area contributed by atoms with E-state index in [1.807, 2.05) is 19.1 Å². The van der Waals surface area contributed by atoms with Gasteiger partial charge in [0.2, 0.25) is 0 Å². The van der Waals surface area contributed by atoms with Crippen LogP contribution in [0.1, 0.15) is 31.4 Å². The van der Waals surface area contributed by atoms with Gasteiger partial charge in [0.1, 0.15) is 5.75 Å². The van der Waals surface area contributed by atoms with Crippen molar-refractivity contribution in [3.05, 3.63) is 23.8 Å². The van der Waals surface area contributed by atoms with Gasteiger partial charge in [-0.25, -0.2) is 0 Å². The molecule has 0 spiro atoms. The van der Waals surface area contributed by atoms with Crippen molar-refractivity contribution in [3.63, 3.8) is 0 Å². The summed E-state index contributed by atoms with van der Waals surface area (Å²) >= 11 is 0. The van der Waals surface area contributed by atoms with E-state index in [0.29, 0.717) is 6.54 Å². The molecule has 2 rings (SSSR count). The fraction of sp³-hybridized carbons (Fsp3) is 0.500. The maximum atomic E-state index is 6.11. The van der Waals surface area contributed by atoms with Crippen molar-refractivity contribution < 1.29 is 4.74 Å². The molecule has 0 aromatic heterocycles.